The van der Waals surface area contributed by atoms with Crippen molar-refractivity contribution >= 4 is 0 Å². The first-order valence-electron chi connectivity index (χ1n) is 6.79. The van der Waals surface area contributed by atoms with Crippen molar-refractivity contribution in [1.82, 2.24) is 0 Å². The van der Waals surface area contributed by atoms with E-state index >= 15 is 0 Å². The van der Waals surface area contributed by atoms with E-state index in [2.05, 4.69) is 13.8 Å². The maximum Gasteiger partial charge on any atom is 0.181 e. The van der Waals surface area contributed by atoms with Crippen LogP contribution in [0.5, 0.6) is 0 Å². The Balaban J connectivity index is 0.000000306. The van der Waals surface area contributed by atoms with Crippen LogP contribution in [0.2, 0.25) is 0 Å². The average Bonchev–Trinajstić information content (AvgIpc) is 3.19. The first-order valence-corrected chi connectivity index (χ1v) is 6.79. The van der Waals surface area contributed by atoms with E-state index in [1.807, 2.05) is 0 Å². The second-order valence-electron chi connectivity index (χ2n) is 4.37. The minimum absolute atomic E-state index is 0. The highest BCUT2D eigenvalue weighted by Gasteiger charge is 2.22. The molecule has 0 aliphatic carbocycles. The fourth-order valence-corrected chi connectivity index (χ4v) is 1.12. The predicted molar refractivity (Wildman–Crippen MR) is 72.8 cm³/mol. The maximum atomic E-state index is 5.27. The summed E-state index contributed by atoms with van der Waals surface area (Å²) in [6.07, 6.45) is 5.33. The molecule has 2 rings (SSSR count). The number of rotatable bonds is 9. The molecule has 4 nitrogen and oxygen atoms in total. The van der Waals surface area contributed by atoms with Crippen molar-refractivity contribution in [1.29, 1.82) is 0 Å². The van der Waals surface area contributed by atoms with Crippen LogP contribution in [0.25, 0.3) is 0 Å². The third-order valence-corrected chi connectivity index (χ3v) is 2.45. The van der Waals surface area contributed by atoms with Crippen molar-refractivity contribution in [2.24, 2.45) is 0 Å². The summed E-state index contributed by atoms with van der Waals surface area (Å²) in [6.45, 7) is 8.60. The third kappa shape index (κ3) is 12.3. The topological polar surface area (TPSA) is 43.5 Å². The largest absolute Gasteiger partial charge is 0.379 e. The Bertz CT molecular complexity index is 167. The Morgan fingerprint density at radius 2 is 1.61 bits per heavy atom. The van der Waals surface area contributed by atoms with E-state index in [0.29, 0.717) is 6.10 Å². The van der Waals surface area contributed by atoms with Gasteiger partial charge in [0.15, 0.2) is 6.29 Å². The molecule has 0 bridgehead atoms. The number of hydrogen-bond acceptors (Lipinski definition) is 4. The molecular formula is C14H30O4. The van der Waals surface area contributed by atoms with Gasteiger partial charge in [0.25, 0.3) is 0 Å². The van der Waals surface area contributed by atoms with E-state index in [9.17, 15) is 0 Å². The van der Waals surface area contributed by atoms with Crippen LogP contribution >= 0.6 is 0 Å². The van der Waals surface area contributed by atoms with E-state index in [-0.39, 0.29) is 13.7 Å². The number of epoxide rings is 2. The molecule has 2 heterocycles. The Kier molecular flexibility index (Phi) is 11.8. The summed E-state index contributed by atoms with van der Waals surface area (Å²) >= 11 is 0. The van der Waals surface area contributed by atoms with Gasteiger partial charge in [-0.3, -0.25) is 0 Å². The fourth-order valence-electron chi connectivity index (χ4n) is 1.12. The molecule has 0 amide bonds. The lowest BCUT2D eigenvalue weighted by atomic mass is 10.4. The van der Waals surface area contributed by atoms with Gasteiger partial charge < -0.3 is 18.9 Å². The van der Waals surface area contributed by atoms with Gasteiger partial charge in [-0.2, -0.15) is 0 Å². The highest BCUT2D eigenvalue weighted by Crippen LogP contribution is 2.10. The SMILES string of the molecule is C.CCCCOC1CO1.CCCCOCC1CO1. The van der Waals surface area contributed by atoms with Gasteiger partial charge in [0.1, 0.15) is 12.7 Å². The lowest BCUT2D eigenvalue weighted by molar-refractivity contribution is 0.0486. The van der Waals surface area contributed by atoms with Crippen molar-refractivity contribution < 1.29 is 18.9 Å². The summed E-state index contributed by atoms with van der Waals surface area (Å²) in [7, 11) is 0. The smallest absolute Gasteiger partial charge is 0.181 e. The fraction of sp³-hybridized carbons (Fsp3) is 1.00. The molecular weight excluding hydrogens is 232 g/mol. The summed E-state index contributed by atoms with van der Waals surface area (Å²) in [5, 5.41) is 0. The van der Waals surface area contributed by atoms with Crippen molar-refractivity contribution in [2.45, 2.75) is 59.4 Å². The molecule has 0 saturated carbocycles. The Labute approximate surface area is 112 Å². The summed E-state index contributed by atoms with van der Waals surface area (Å²) in [5.74, 6) is 0. The molecule has 0 aromatic rings. The van der Waals surface area contributed by atoms with Gasteiger partial charge in [-0.25, -0.2) is 0 Å². The highest BCUT2D eigenvalue weighted by atomic mass is 16.8. The van der Waals surface area contributed by atoms with Gasteiger partial charge in [-0.1, -0.05) is 34.1 Å². The molecule has 0 spiro atoms. The molecule has 2 unspecified atom stereocenters. The average molecular weight is 262 g/mol. The lowest BCUT2D eigenvalue weighted by Gasteiger charge is -1.97. The van der Waals surface area contributed by atoms with Gasteiger partial charge >= 0.3 is 0 Å². The lowest BCUT2D eigenvalue weighted by Crippen LogP contribution is -2.01. The second kappa shape index (κ2) is 11.9. The van der Waals surface area contributed by atoms with Crippen LogP contribution in [0, 0.1) is 0 Å². The molecule has 2 fully saturated rings. The van der Waals surface area contributed by atoms with Crippen molar-refractivity contribution in [3.05, 3.63) is 0 Å². The third-order valence-electron chi connectivity index (χ3n) is 2.45. The Hall–Kier alpha value is -0.160. The van der Waals surface area contributed by atoms with E-state index in [1.54, 1.807) is 0 Å². The summed E-state index contributed by atoms with van der Waals surface area (Å²) in [5.41, 5.74) is 0. The number of ether oxygens (including phenoxy) is 4. The van der Waals surface area contributed by atoms with Crippen molar-refractivity contribution in [2.75, 3.05) is 33.0 Å². The number of unbranched alkanes of at least 4 members (excludes halogenated alkanes) is 2. The molecule has 0 aromatic heterocycles. The molecule has 2 saturated heterocycles. The monoisotopic (exact) mass is 262 g/mol. The zero-order valence-electron chi connectivity index (χ0n) is 11.2. The molecule has 4 heteroatoms. The summed E-state index contributed by atoms with van der Waals surface area (Å²) < 4.78 is 20.2. The molecule has 0 radical (unpaired) electrons. The zero-order valence-corrected chi connectivity index (χ0v) is 11.2. The van der Waals surface area contributed by atoms with Crippen LogP contribution in [-0.4, -0.2) is 45.4 Å². The quantitative estimate of drug-likeness (QED) is 0.473. The predicted octanol–water partition coefficient (Wildman–Crippen LogP) is 3.00. The van der Waals surface area contributed by atoms with Crippen LogP contribution < -0.4 is 0 Å². The second-order valence-corrected chi connectivity index (χ2v) is 4.37. The van der Waals surface area contributed by atoms with Gasteiger partial charge in [0.05, 0.1) is 13.2 Å². The van der Waals surface area contributed by atoms with Crippen LogP contribution in [-0.2, 0) is 18.9 Å². The number of hydrogen-bond donors (Lipinski definition) is 0. The van der Waals surface area contributed by atoms with Gasteiger partial charge in [-0.05, 0) is 12.8 Å². The van der Waals surface area contributed by atoms with Crippen molar-refractivity contribution in [3.63, 3.8) is 0 Å². The van der Waals surface area contributed by atoms with Gasteiger partial charge in [0.2, 0.25) is 0 Å². The first kappa shape index (κ1) is 17.8. The Morgan fingerprint density at radius 1 is 1.00 bits per heavy atom. The van der Waals surface area contributed by atoms with Crippen LogP contribution in [0.1, 0.15) is 47.0 Å². The van der Waals surface area contributed by atoms with E-state index in [0.717, 1.165) is 39.5 Å². The van der Waals surface area contributed by atoms with Crippen LogP contribution in [0.3, 0.4) is 0 Å². The van der Waals surface area contributed by atoms with E-state index in [1.165, 1.54) is 19.3 Å². The first-order chi connectivity index (χ1) is 8.36. The molecule has 0 aromatic carbocycles. The summed E-state index contributed by atoms with van der Waals surface area (Å²) in [4.78, 5) is 0. The zero-order chi connectivity index (χ0) is 12.3. The molecule has 2 aliphatic rings. The van der Waals surface area contributed by atoms with Crippen LogP contribution in [0.4, 0.5) is 0 Å². The normalized spacial score (nSPS) is 23.7. The summed E-state index contributed by atoms with van der Waals surface area (Å²) in [6, 6.07) is 0. The van der Waals surface area contributed by atoms with Gasteiger partial charge in [-0.15, -0.1) is 0 Å². The molecule has 110 valence electrons. The standard InChI is InChI=1S/C7H14O2.C6H12O2.CH4/c1-2-3-4-8-5-7-6-9-7;1-2-3-4-7-6-5-8-6;/h7H,2-6H2,1H3;6H,2-5H2,1H3;1H4. The highest BCUT2D eigenvalue weighted by molar-refractivity contribution is 4.66. The molecule has 0 N–H and O–H groups in total. The van der Waals surface area contributed by atoms with E-state index in [4.69, 9.17) is 18.9 Å². The Morgan fingerprint density at radius 3 is 2.11 bits per heavy atom. The minimum atomic E-state index is 0. The van der Waals surface area contributed by atoms with Crippen LogP contribution in [0.15, 0.2) is 0 Å². The molecule has 2 aliphatic heterocycles. The molecule has 2 atom stereocenters. The maximum absolute atomic E-state index is 5.27. The van der Waals surface area contributed by atoms with E-state index < -0.39 is 0 Å². The minimum Gasteiger partial charge on any atom is -0.379 e. The van der Waals surface area contributed by atoms with Gasteiger partial charge in [0, 0.05) is 13.2 Å². The molecule has 18 heavy (non-hydrogen) atoms. The van der Waals surface area contributed by atoms with Crippen molar-refractivity contribution in [3.8, 4) is 0 Å².